The van der Waals surface area contributed by atoms with E-state index in [2.05, 4.69) is 46.6 Å². The number of benzene rings is 1. The molecule has 2 aromatic rings. The molecule has 0 aliphatic heterocycles. The maximum absolute atomic E-state index is 5.43. The van der Waals surface area contributed by atoms with Crippen LogP contribution < -0.4 is 5.73 Å². The fourth-order valence-corrected chi connectivity index (χ4v) is 1.63. The summed E-state index contributed by atoms with van der Waals surface area (Å²) in [6.07, 6.45) is 1.78. The van der Waals surface area contributed by atoms with E-state index in [0.717, 1.165) is 12.2 Å². The van der Waals surface area contributed by atoms with Crippen molar-refractivity contribution in [2.24, 2.45) is 5.73 Å². The lowest BCUT2D eigenvalue weighted by Crippen LogP contribution is -2.12. The summed E-state index contributed by atoms with van der Waals surface area (Å²) < 4.78 is 0. The van der Waals surface area contributed by atoms with E-state index in [4.69, 9.17) is 5.73 Å². The molecule has 5 heteroatoms. The van der Waals surface area contributed by atoms with Crippen LogP contribution in [0, 0.1) is 0 Å². The highest BCUT2D eigenvalue weighted by atomic mass is 15.6. The van der Waals surface area contributed by atoms with E-state index in [9.17, 15) is 0 Å². The number of hydrogen-bond acceptors (Lipinski definition) is 4. The summed E-state index contributed by atoms with van der Waals surface area (Å²) in [6, 6.07) is 8.50. The smallest absolute Gasteiger partial charge is 0.179 e. The Kier molecular flexibility index (Phi) is 3.82. The van der Waals surface area contributed by atoms with Gasteiger partial charge in [-0.2, -0.15) is 4.80 Å². The van der Waals surface area contributed by atoms with Crippen LogP contribution in [0.5, 0.6) is 0 Å². The number of nitrogens with two attached hydrogens (primary N) is 1. The first-order chi connectivity index (χ1) is 8.31. The van der Waals surface area contributed by atoms with E-state index in [1.165, 1.54) is 15.9 Å². The van der Waals surface area contributed by atoms with E-state index in [1.807, 2.05) is 0 Å². The third-order valence-electron chi connectivity index (χ3n) is 2.62. The summed E-state index contributed by atoms with van der Waals surface area (Å²) in [5.41, 5.74) is 7.97. The summed E-state index contributed by atoms with van der Waals surface area (Å²) >= 11 is 0. The lowest BCUT2D eigenvalue weighted by Gasteiger charge is -1.99. The van der Waals surface area contributed by atoms with Gasteiger partial charge in [-0.3, -0.25) is 0 Å². The van der Waals surface area contributed by atoms with Crippen molar-refractivity contribution in [2.45, 2.75) is 26.3 Å². The summed E-state index contributed by atoms with van der Waals surface area (Å²) in [7, 11) is 0. The van der Waals surface area contributed by atoms with Crippen LogP contribution in [0.4, 0.5) is 0 Å². The summed E-state index contributed by atoms with van der Waals surface area (Å²) in [6.45, 7) is 3.29. The molecule has 0 aliphatic carbocycles. The van der Waals surface area contributed by atoms with E-state index in [1.54, 1.807) is 0 Å². The molecule has 1 aromatic heterocycles. The molecule has 1 heterocycles. The Bertz CT molecular complexity index is 460. The van der Waals surface area contributed by atoms with Crippen LogP contribution in [0.2, 0.25) is 0 Å². The molecular weight excluding hydrogens is 214 g/mol. The Morgan fingerprint density at radius 3 is 2.53 bits per heavy atom. The van der Waals surface area contributed by atoms with Crippen molar-refractivity contribution in [2.75, 3.05) is 6.54 Å². The zero-order chi connectivity index (χ0) is 12.1. The summed E-state index contributed by atoms with van der Waals surface area (Å²) in [5.74, 6) is 0.739. The highest BCUT2D eigenvalue weighted by Crippen LogP contribution is 2.08. The van der Waals surface area contributed by atoms with Gasteiger partial charge in [-0.15, -0.1) is 10.2 Å². The average molecular weight is 231 g/mol. The van der Waals surface area contributed by atoms with Crippen LogP contribution >= 0.6 is 0 Å². The Balaban J connectivity index is 2.03. The van der Waals surface area contributed by atoms with Crippen LogP contribution in [0.15, 0.2) is 24.3 Å². The molecule has 0 amide bonds. The van der Waals surface area contributed by atoms with Crippen molar-refractivity contribution in [1.29, 1.82) is 0 Å². The van der Waals surface area contributed by atoms with E-state index in [-0.39, 0.29) is 0 Å². The number of rotatable bonds is 5. The lowest BCUT2D eigenvalue weighted by molar-refractivity contribution is 0.529. The van der Waals surface area contributed by atoms with E-state index < -0.39 is 0 Å². The van der Waals surface area contributed by atoms with Gasteiger partial charge in [0.25, 0.3) is 0 Å². The van der Waals surface area contributed by atoms with Gasteiger partial charge in [0.05, 0.1) is 6.54 Å². The molecule has 0 radical (unpaired) electrons. The second-order valence-electron chi connectivity index (χ2n) is 3.94. The molecule has 2 N–H and O–H groups in total. The Hall–Kier alpha value is -1.75. The van der Waals surface area contributed by atoms with Gasteiger partial charge >= 0.3 is 0 Å². The third-order valence-corrected chi connectivity index (χ3v) is 2.62. The highest BCUT2D eigenvalue weighted by molar-refractivity contribution is 5.24. The van der Waals surface area contributed by atoms with Crippen molar-refractivity contribution in [3.8, 4) is 0 Å². The first-order valence-corrected chi connectivity index (χ1v) is 5.86. The predicted octanol–water partition coefficient (Wildman–Crippen LogP) is 0.785. The van der Waals surface area contributed by atoms with Gasteiger partial charge in [0.2, 0.25) is 0 Å². The van der Waals surface area contributed by atoms with Gasteiger partial charge in [-0.25, -0.2) is 0 Å². The van der Waals surface area contributed by atoms with Crippen LogP contribution in [0.1, 0.15) is 23.9 Å². The Labute approximate surface area is 101 Å². The van der Waals surface area contributed by atoms with Crippen LogP contribution in [-0.4, -0.2) is 26.8 Å². The maximum atomic E-state index is 5.43. The molecule has 0 unspecified atom stereocenters. The molecule has 1 aromatic carbocycles. The number of aromatic nitrogens is 4. The first kappa shape index (κ1) is 11.7. The van der Waals surface area contributed by atoms with Gasteiger partial charge in [-0.1, -0.05) is 31.2 Å². The minimum atomic E-state index is 0.529. The Morgan fingerprint density at radius 2 is 1.88 bits per heavy atom. The van der Waals surface area contributed by atoms with Crippen LogP contribution in [-0.2, 0) is 19.4 Å². The van der Waals surface area contributed by atoms with Crippen molar-refractivity contribution >= 4 is 0 Å². The van der Waals surface area contributed by atoms with Crippen molar-refractivity contribution < 1.29 is 0 Å². The molecule has 0 atom stereocenters. The second kappa shape index (κ2) is 5.54. The highest BCUT2D eigenvalue weighted by Gasteiger charge is 2.03. The van der Waals surface area contributed by atoms with Crippen molar-refractivity contribution in [3.63, 3.8) is 0 Å². The van der Waals surface area contributed by atoms with E-state index >= 15 is 0 Å². The molecule has 0 fully saturated rings. The molecule has 17 heavy (non-hydrogen) atoms. The second-order valence-corrected chi connectivity index (χ2v) is 3.94. The fourth-order valence-electron chi connectivity index (χ4n) is 1.63. The largest absolute Gasteiger partial charge is 0.329 e. The normalized spacial score (nSPS) is 10.7. The molecule has 0 saturated heterocycles. The van der Waals surface area contributed by atoms with Gasteiger partial charge in [0.15, 0.2) is 5.82 Å². The molecule has 5 nitrogen and oxygen atoms in total. The summed E-state index contributed by atoms with van der Waals surface area (Å²) in [5, 5.41) is 12.2. The Morgan fingerprint density at radius 1 is 1.18 bits per heavy atom. The third kappa shape index (κ3) is 3.10. The minimum absolute atomic E-state index is 0.529. The maximum Gasteiger partial charge on any atom is 0.179 e. The molecule has 90 valence electrons. The molecule has 2 rings (SSSR count). The number of tetrazole rings is 1. The SMILES string of the molecule is CCc1ccc(Cc2nnn(CCN)n2)cc1. The van der Waals surface area contributed by atoms with Crippen molar-refractivity contribution in [3.05, 3.63) is 41.2 Å². The monoisotopic (exact) mass is 231 g/mol. The zero-order valence-corrected chi connectivity index (χ0v) is 10.0. The van der Waals surface area contributed by atoms with Gasteiger partial charge in [0.1, 0.15) is 0 Å². The number of aryl methyl sites for hydroxylation is 1. The standard InChI is InChI=1S/C12H17N5/c1-2-10-3-5-11(6-4-10)9-12-14-16-17(15-12)8-7-13/h3-6H,2,7-9,13H2,1H3. The quantitative estimate of drug-likeness (QED) is 0.825. The molecular formula is C12H17N5. The fraction of sp³-hybridized carbons (Fsp3) is 0.417. The molecule has 0 bridgehead atoms. The van der Waals surface area contributed by atoms with Gasteiger partial charge < -0.3 is 5.73 Å². The zero-order valence-electron chi connectivity index (χ0n) is 10.0. The van der Waals surface area contributed by atoms with E-state index in [0.29, 0.717) is 19.5 Å². The summed E-state index contributed by atoms with van der Waals surface area (Å²) in [4.78, 5) is 1.54. The molecule has 0 spiro atoms. The number of nitrogens with zero attached hydrogens (tertiary/aromatic N) is 4. The lowest BCUT2D eigenvalue weighted by atomic mass is 10.1. The van der Waals surface area contributed by atoms with Gasteiger partial charge in [0, 0.05) is 13.0 Å². The molecule has 0 aliphatic rings. The topological polar surface area (TPSA) is 69.6 Å². The predicted molar refractivity (Wildman–Crippen MR) is 65.5 cm³/mol. The van der Waals surface area contributed by atoms with Gasteiger partial charge in [-0.05, 0) is 22.8 Å². The average Bonchev–Trinajstić information content (AvgIpc) is 2.78. The van der Waals surface area contributed by atoms with Crippen LogP contribution in [0.25, 0.3) is 0 Å². The van der Waals surface area contributed by atoms with Crippen LogP contribution in [0.3, 0.4) is 0 Å². The number of hydrogen-bond donors (Lipinski definition) is 1. The first-order valence-electron chi connectivity index (χ1n) is 5.86. The minimum Gasteiger partial charge on any atom is -0.329 e. The van der Waals surface area contributed by atoms with Crippen molar-refractivity contribution in [1.82, 2.24) is 20.2 Å². The molecule has 0 saturated carbocycles.